The fourth-order valence-corrected chi connectivity index (χ4v) is 15.1. The van der Waals surface area contributed by atoms with E-state index in [0.717, 1.165) is 44.9 Å². The minimum absolute atomic E-state index is 0.0133. The lowest BCUT2D eigenvalue weighted by molar-refractivity contribution is -0.343. The predicted molar refractivity (Wildman–Crippen MR) is 200 cm³/mol. The first kappa shape index (κ1) is 43.1. The lowest BCUT2D eigenvalue weighted by Crippen LogP contribution is -2.63. The summed E-state index contributed by atoms with van der Waals surface area (Å²) in [5.74, 6) is 0.354. The van der Waals surface area contributed by atoms with E-state index < -0.39 is 97.3 Å². The molecule has 0 bridgehead atoms. The molecular weight excluding hydrogens is 744 g/mol. The molecule has 15 nitrogen and oxygen atoms in total. The zero-order valence-corrected chi connectivity index (χ0v) is 34.4. The van der Waals surface area contributed by atoms with Gasteiger partial charge in [0.2, 0.25) is 0 Å². The quantitative estimate of drug-likeness (QED) is 0.139. The number of rotatable bonds is 9. The third-order valence-electron chi connectivity index (χ3n) is 18.0. The van der Waals surface area contributed by atoms with E-state index in [1.54, 1.807) is 13.8 Å². The van der Waals surface area contributed by atoms with Crippen molar-refractivity contribution in [3.8, 4) is 0 Å². The Morgan fingerprint density at radius 3 is 1.93 bits per heavy atom. The molecule has 328 valence electrons. The van der Waals surface area contributed by atoms with Gasteiger partial charge in [0, 0.05) is 17.9 Å². The van der Waals surface area contributed by atoms with Crippen LogP contribution in [0.2, 0.25) is 0 Å². The Morgan fingerprint density at radius 1 is 0.684 bits per heavy atom. The number of ether oxygens (including phenoxy) is 5. The lowest BCUT2D eigenvalue weighted by atomic mass is 9.41. The average molecular weight is 815 g/mol. The number of fused-ring (bicyclic) bond motifs is 2. The topological polar surface area (TPSA) is 248 Å². The zero-order valence-electron chi connectivity index (χ0n) is 34.4. The van der Waals surface area contributed by atoms with Crippen LogP contribution in [-0.2, 0) is 23.7 Å². The normalized spacial score (nSPS) is 57.1. The van der Waals surface area contributed by atoms with Crippen LogP contribution in [0, 0.1) is 44.8 Å². The van der Waals surface area contributed by atoms with Gasteiger partial charge in [0.25, 0.3) is 0 Å². The van der Waals surface area contributed by atoms with Crippen molar-refractivity contribution in [2.45, 2.75) is 197 Å². The van der Waals surface area contributed by atoms with E-state index in [9.17, 15) is 51.1 Å². The molecule has 8 aliphatic rings. The van der Waals surface area contributed by atoms with E-state index in [2.05, 4.69) is 27.7 Å². The van der Waals surface area contributed by atoms with Crippen LogP contribution in [0.25, 0.3) is 0 Å². The molecule has 0 unspecified atom stereocenters. The average Bonchev–Trinajstić information content (AvgIpc) is 3.51. The largest absolute Gasteiger partial charge is 0.396 e. The summed E-state index contributed by atoms with van der Waals surface area (Å²) >= 11 is 0. The van der Waals surface area contributed by atoms with Crippen LogP contribution in [0.3, 0.4) is 0 Å². The second-order valence-corrected chi connectivity index (χ2v) is 21.3. The molecule has 2 spiro atoms. The van der Waals surface area contributed by atoms with Gasteiger partial charge in [-0.05, 0) is 118 Å². The first-order valence-corrected chi connectivity index (χ1v) is 21.5. The van der Waals surface area contributed by atoms with E-state index in [1.807, 2.05) is 0 Å². The minimum Gasteiger partial charge on any atom is -0.396 e. The van der Waals surface area contributed by atoms with Crippen LogP contribution in [0.4, 0.5) is 0 Å². The Labute approximate surface area is 335 Å². The summed E-state index contributed by atoms with van der Waals surface area (Å²) in [6.07, 6.45) is -7.77. The standard InChI is InChI=1S/C42H70O15/c1-36(2)23-7-8-24-38(5)15-20(45)33(39(6)11-9-26(57-39)37(3,4)52)42(38,19-44)14-13-41(24)18-40(23,41)12-10-25(36)56-35-32(51)30(49)28(47)22(55-35)17-53-34-31(50)29(48)27(46)21(16-43)54-34/h20-35,43-52H,7-19H2,1-6H3/t20-,21+,22+,23-,24-,25-,26-,27+,28+,29-,30-,31+,32+,33-,34+,35-,38-,39+,40+,41-,42-/m0/s1. The molecule has 8 rings (SSSR count). The van der Waals surface area contributed by atoms with Crippen LogP contribution in [0.5, 0.6) is 0 Å². The van der Waals surface area contributed by atoms with Crippen LogP contribution >= 0.6 is 0 Å². The van der Waals surface area contributed by atoms with Crippen molar-refractivity contribution in [3.63, 3.8) is 0 Å². The molecule has 5 aliphatic carbocycles. The number of aliphatic hydroxyl groups excluding tert-OH is 9. The minimum atomic E-state index is -1.66. The summed E-state index contributed by atoms with van der Waals surface area (Å²) in [6, 6.07) is 0. The maximum absolute atomic E-state index is 12.0. The van der Waals surface area contributed by atoms with Gasteiger partial charge in [-0.3, -0.25) is 0 Å². The van der Waals surface area contributed by atoms with E-state index in [0.29, 0.717) is 25.2 Å². The smallest absolute Gasteiger partial charge is 0.186 e. The molecule has 21 atom stereocenters. The molecule has 8 fully saturated rings. The van der Waals surface area contributed by atoms with Crippen LogP contribution in [0.15, 0.2) is 0 Å². The first-order valence-electron chi connectivity index (χ1n) is 21.5. The molecule has 15 heteroatoms. The number of hydrogen-bond donors (Lipinski definition) is 10. The van der Waals surface area contributed by atoms with Crippen LogP contribution < -0.4 is 0 Å². The Balaban J connectivity index is 0.969. The molecule has 3 saturated heterocycles. The Morgan fingerprint density at radius 2 is 1.30 bits per heavy atom. The maximum atomic E-state index is 12.0. The van der Waals surface area contributed by atoms with Crippen LogP contribution in [0.1, 0.15) is 106 Å². The summed E-state index contributed by atoms with van der Waals surface area (Å²) in [6.45, 7) is 11.3. The molecule has 0 aromatic rings. The van der Waals surface area contributed by atoms with Gasteiger partial charge < -0.3 is 74.7 Å². The van der Waals surface area contributed by atoms with Crippen molar-refractivity contribution in [1.82, 2.24) is 0 Å². The third-order valence-corrected chi connectivity index (χ3v) is 18.0. The Bertz CT molecular complexity index is 1490. The molecular formula is C42H70O15. The summed E-state index contributed by atoms with van der Waals surface area (Å²) < 4.78 is 30.4. The second kappa shape index (κ2) is 14.2. The van der Waals surface area contributed by atoms with Gasteiger partial charge in [-0.15, -0.1) is 0 Å². The fourth-order valence-electron chi connectivity index (χ4n) is 15.1. The highest BCUT2D eigenvalue weighted by Crippen LogP contribution is 2.89. The monoisotopic (exact) mass is 814 g/mol. The van der Waals surface area contributed by atoms with E-state index in [1.165, 1.54) is 0 Å². The van der Waals surface area contributed by atoms with Gasteiger partial charge in [0.1, 0.15) is 48.8 Å². The SMILES string of the molecule is CC(C)(O)[C@@H]1CC[C@](C)([C@@H]2[C@@H](O)C[C@@]3(C)[C@@H]4CC[C@H]5C(C)(C)[C@@H](O[C@@H]6O[C@H](CO[C@@H]7O[C@H](CO)[C@@H](O)[C@H](O)[C@H]7O)[C@@H](O)[C@H](O)[C@H]6O)CC[C@@]56C[C@@]46CC[C@]23CO)O1. The third kappa shape index (κ3) is 6.06. The van der Waals surface area contributed by atoms with Gasteiger partial charge >= 0.3 is 0 Å². The Hall–Kier alpha value is -0.600. The molecule has 0 amide bonds. The van der Waals surface area contributed by atoms with Gasteiger partial charge in [-0.2, -0.15) is 0 Å². The molecule has 0 radical (unpaired) electrons. The first-order chi connectivity index (χ1) is 26.6. The summed E-state index contributed by atoms with van der Waals surface area (Å²) in [7, 11) is 0. The van der Waals surface area contributed by atoms with Crippen molar-refractivity contribution in [2.24, 2.45) is 44.8 Å². The highest BCUT2D eigenvalue weighted by molar-refractivity contribution is 5.32. The van der Waals surface area contributed by atoms with Gasteiger partial charge in [-0.1, -0.05) is 20.8 Å². The highest BCUT2D eigenvalue weighted by Gasteiger charge is 2.84. The second-order valence-electron chi connectivity index (χ2n) is 21.3. The fraction of sp³-hybridized carbons (Fsp3) is 1.00. The van der Waals surface area contributed by atoms with Gasteiger partial charge in [0.15, 0.2) is 12.6 Å². The molecule has 0 aromatic heterocycles. The van der Waals surface area contributed by atoms with Gasteiger partial charge in [0.05, 0.1) is 42.7 Å². The molecule has 0 aromatic carbocycles. The number of hydrogen-bond acceptors (Lipinski definition) is 15. The molecule has 10 N–H and O–H groups in total. The van der Waals surface area contributed by atoms with E-state index >= 15 is 0 Å². The van der Waals surface area contributed by atoms with Crippen molar-refractivity contribution in [3.05, 3.63) is 0 Å². The Kier molecular flexibility index (Phi) is 10.7. The number of aliphatic hydroxyl groups is 10. The molecule has 5 saturated carbocycles. The van der Waals surface area contributed by atoms with E-state index in [4.69, 9.17) is 23.7 Å². The highest BCUT2D eigenvalue weighted by atomic mass is 16.7. The molecule has 57 heavy (non-hydrogen) atoms. The van der Waals surface area contributed by atoms with Crippen molar-refractivity contribution >= 4 is 0 Å². The zero-order chi connectivity index (χ0) is 41.5. The van der Waals surface area contributed by atoms with Crippen molar-refractivity contribution in [2.75, 3.05) is 19.8 Å². The molecule has 3 heterocycles. The van der Waals surface area contributed by atoms with Crippen molar-refractivity contribution in [1.29, 1.82) is 0 Å². The van der Waals surface area contributed by atoms with E-state index in [-0.39, 0.29) is 52.3 Å². The summed E-state index contributed by atoms with van der Waals surface area (Å²) in [4.78, 5) is 0. The summed E-state index contributed by atoms with van der Waals surface area (Å²) in [5.41, 5.74) is -2.71. The lowest BCUT2D eigenvalue weighted by Gasteiger charge is -2.64. The molecule has 3 aliphatic heterocycles. The van der Waals surface area contributed by atoms with Crippen molar-refractivity contribution < 1.29 is 74.7 Å². The predicted octanol–water partition coefficient (Wildman–Crippen LogP) is 0.0866. The maximum Gasteiger partial charge on any atom is 0.186 e. The van der Waals surface area contributed by atoms with Gasteiger partial charge in [-0.25, -0.2) is 0 Å². The van der Waals surface area contributed by atoms with Crippen LogP contribution in [-0.4, -0.2) is 162 Å². The summed E-state index contributed by atoms with van der Waals surface area (Å²) in [5, 5.41) is 107.